The molecule has 1 unspecified atom stereocenters. The fraction of sp³-hybridized carbons (Fsp3) is 0.562. The lowest BCUT2D eigenvalue weighted by Gasteiger charge is -2.17. The van der Waals surface area contributed by atoms with Crippen molar-refractivity contribution < 1.29 is 9.18 Å². The lowest BCUT2D eigenvalue weighted by Crippen LogP contribution is -1.99. The van der Waals surface area contributed by atoms with Gasteiger partial charge in [-0.25, -0.2) is 0 Å². The molecule has 1 rings (SSSR count). The van der Waals surface area contributed by atoms with E-state index in [1.165, 1.54) is 37.7 Å². The monoisotopic (exact) mass is 252 g/mol. The molecule has 0 aliphatic carbocycles. The maximum absolute atomic E-state index is 9.61. The molecular formula is C16H25FO. The number of halogens is 1. The van der Waals surface area contributed by atoms with Gasteiger partial charge in [0.25, 0.3) is 6.54 Å². The van der Waals surface area contributed by atoms with Crippen molar-refractivity contribution >= 4 is 6.54 Å². The zero-order chi connectivity index (χ0) is 13.8. The number of rotatable bonds is 6. The van der Waals surface area contributed by atoms with Crippen LogP contribution in [0.2, 0.25) is 0 Å². The summed E-state index contributed by atoms with van der Waals surface area (Å²) < 4.78 is 9.61. The van der Waals surface area contributed by atoms with Gasteiger partial charge in [0.2, 0.25) is 0 Å². The van der Waals surface area contributed by atoms with Crippen molar-refractivity contribution in [3.8, 4) is 0 Å². The minimum atomic E-state index is -0.750. The Hall–Kier alpha value is -1.18. The number of benzene rings is 1. The normalized spacial score (nSPS) is 11.3. The standard InChI is InChI=1S/C15H24.CHFO/c1-4-6-7-11-14(5-2)15-12-9-8-10-13(15)3;2-1-3/h8-10,12,14H,4-7,11H2,1-3H3;1H. The summed E-state index contributed by atoms with van der Waals surface area (Å²) in [6.45, 7) is 6.07. The molecule has 1 aromatic rings. The Balaban J connectivity index is 0.000000873. The smallest absolute Gasteiger partial charge is 0.265 e. The first-order valence-corrected chi connectivity index (χ1v) is 6.80. The quantitative estimate of drug-likeness (QED) is 0.385. The lowest BCUT2D eigenvalue weighted by molar-refractivity contribution is 0.510. The van der Waals surface area contributed by atoms with Crippen molar-refractivity contribution in [3.63, 3.8) is 0 Å². The SMILES string of the molecule is CCCCCC(CC)c1ccccc1C.O=CF. The molecule has 0 N–H and O–H groups in total. The van der Waals surface area contributed by atoms with Crippen LogP contribution >= 0.6 is 0 Å². The molecule has 0 heterocycles. The molecule has 0 aliphatic heterocycles. The number of hydrogen-bond acceptors (Lipinski definition) is 1. The molecule has 0 fully saturated rings. The molecule has 102 valence electrons. The Labute approximate surface area is 110 Å². The van der Waals surface area contributed by atoms with Gasteiger partial charge in [0.1, 0.15) is 0 Å². The molecule has 18 heavy (non-hydrogen) atoms. The number of carbonyl (C=O) groups excluding carboxylic acids is 1. The van der Waals surface area contributed by atoms with E-state index >= 15 is 0 Å². The summed E-state index contributed by atoms with van der Waals surface area (Å²) in [5.41, 5.74) is 3.02. The van der Waals surface area contributed by atoms with Crippen molar-refractivity contribution in [2.75, 3.05) is 0 Å². The molecule has 0 amide bonds. The van der Waals surface area contributed by atoms with E-state index in [0.29, 0.717) is 0 Å². The molecular weight excluding hydrogens is 227 g/mol. The Kier molecular flexibility index (Phi) is 10.2. The van der Waals surface area contributed by atoms with Crippen LogP contribution in [0.3, 0.4) is 0 Å². The Morgan fingerprint density at radius 3 is 2.33 bits per heavy atom. The van der Waals surface area contributed by atoms with Crippen molar-refractivity contribution in [2.45, 2.75) is 58.8 Å². The van der Waals surface area contributed by atoms with Gasteiger partial charge in [-0.3, -0.25) is 4.79 Å². The van der Waals surface area contributed by atoms with Crippen LogP contribution in [0.5, 0.6) is 0 Å². The molecule has 0 spiro atoms. The second-order valence-corrected chi connectivity index (χ2v) is 4.55. The third-order valence-corrected chi connectivity index (χ3v) is 3.28. The van der Waals surface area contributed by atoms with E-state index < -0.39 is 6.54 Å². The van der Waals surface area contributed by atoms with E-state index in [1.54, 1.807) is 5.56 Å². The number of carbonyl (C=O) groups is 1. The highest BCUT2D eigenvalue weighted by atomic mass is 19.1. The van der Waals surface area contributed by atoms with Crippen molar-refractivity contribution in [1.29, 1.82) is 0 Å². The third-order valence-electron chi connectivity index (χ3n) is 3.28. The highest BCUT2D eigenvalue weighted by Gasteiger charge is 2.10. The molecule has 1 nitrogen and oxygen atoms in total. The van der Waals surface area contributed by atoms with Crippen LogP contribution in [0.15, 0.2) is 24.3 Å². The van der Waals surface area contributed by atoms with Gasteiger partial charge < -0.3 is 0 Å². The van der Waals surface area contributed by atoms with E-state index in [0.717, 1.165) is 5.92 Å². The molecule has 2 heteroatoms. The van der Waals surface area contributed by atoms with Gasteiger partial charge >= 0.3 is 0 Å². The molecule has 1 atom stereocenters. The van der Waals surface area contributed by atoms with Crippen LogP contribution in [-0.2, 0) is 4.79 Å². The van der Waals surface area contributed by atoms with Gasteiger partial charge in [-0.2, -0.15) is 4.39 Å². The average Bonchev–Trinajstić information content (AvgIpc) is 2.37. The molecule has 0 aromatic heterocycles. The largest absolute Gasteiger partial charge is 0.289 e. The Bertz CT molecular complexity index is 323. The van der Waals surface area contributed by atoms with Crippen LogP contribution in [0.1, 0.15) is 63.0 Å². The van der Waals surface area contributed by atoms with Crippen LogP contribution < -0.4 is 0 Å². The number of aryl methyl sites for hydroxylation is 1. The third kappa shape index (κ3) is 6.53. The first-order valence-electron chi connectivity index (χ1n) is 6.80. The summed E-state index contributed by atoms with van der Waals surface area (Å²) in [5.74, 6) is 0.776. The Morgan fingerprint density at radius 1 is 1.22 bits per heavy atom. The zero-order valence-electron chi connectivity index (χ0n) is 11.8. The van der Waals surface area contributed by atoms with Crippen molar-refractivity contribution in [3.05, 3.63) is 35.4 Å². The summed E-state index contributed by atoms with van der Waals surface area (Å²) in [6, 6.07) is 8.84. The molecule has 1 aromatic carbocycles. The maximum atomic E-state index is 9.61. The van der Waals surface area contributed by atoms with Gasteiger partial charge in [0, 0.05) is 0 Å². The van der Waals surface area contributed by atoms with Gasteiger partial charge in [0.05, 0.1) is 0 Å². The highest BCUT2D eigenvalue weighted by molar-refractivity contribution is 5.35. The molecule has 0 saturated heterocycles. The van der Waals surface area contributed by atoms with Crippen LogP contribution in [0.25, 0.3) is 0 Å². The van der Waals surface area contributed by atoms with E-state index in [2.05, 4.69) is 45.0 Å². The van der Waals surface area contributed by atoms with Crippen LogP contribution in [0.4, 0.5) is 4.39 Å². The van der Waals surface area contributed by atoms with Crippen LogP contribution in [-0.4, -0.2) is 6.54 Å². The maximum Gasteiger partial charge on any atom is 0.289 e. The summed E-state index contributed by atoms with van der Waals surface area (Å²) >= 11 is 0. The van der Waals surface area contributed by atoms with E-state index in [-0.39, 0.29) is 0 Å². The van der Waals surface area contributed by atoms with E-state index in [4.69, 9.17) is 4.79 Å². The predicted molar refractivity (Wildman–Crippen MR) is 76.2 cm³/mol. The minimum Gasteiger partial charge on any atom is -0.265 e. The van der Waals surface area contributed by atoms with Gasteiger partial charge in [-0.05, 0) is 36.8 Å². The molecule has 0 aliphatic rings. The molecule has 0 bridgehead atoms. The number of unbranched alkanes of at least 4 members (excludes halogenated alkanes) is 2. The van der Waals surface area contributed by atoms with E-state index in [1.807, 2.05) is 0 Å². The summed E-state index contributed by atoms with van der Waals surface area (Å²) in [7, 11) is 0. The second-order valence-electron chi connectivity index (χ2n) is 4.55. The van der Waals surface area contributed by atoms with Gasteiger partial charge in [0.15, 0.2) is 0 Å². The summed E-state index contributed by atoms with van der Waals surface area (Å²) in [6.07, 6.45) is 6.71. The fourth-order valence-corrected chi connectivity index (χ4v) is 2.27. The van der Waals surface area contributed by atoms with Crippen LogP contribution in [0, 0.1) is 6.92 Å². The van der Waals surface area contributed by atoms with Gasteiger partial charge in [-0.15, -0.1) is 0 Å². The molecule has 0 radical (unpaired) electrons. The first kappa shape index (κ1) is 16.8. The highest BCUT2D eigenvalue weighted by Crippen LogP contribution is 2.27. The van der Waals surface area contributed by atoms with Crippen molar-refractivity contribution in [2.24, 2.45) is 0 Å². The van der Waals surface area contributed by atoms with E-state index in [9.17, 15) is 4.39 Å². The minimum absolute atomic E-state index is 0.750. The lowest BCUT2D eigenvalue weighted by atomic mass is 9.88. The average molecular weight is 252 g/mol. The number of hydrogen-bond donors (Lipinski definition) is 0. The fourth-order valence-electron chi connectivity index (χ4n) is 2.27. The van der Waals surface area contributed by atoms with Gasteiger partial charge in [-0.1, -0.05) is 57.4 Å². The predicted octanol–water partition coefficient (Wildman–Crippen LogP) is 5.22. The Morgan fingerprint density at radius 2 is 1.83 bits per heavy atom. The summed E-state index contributed by atoms with van der Waals surface area (Å²) in [5, 5.41) is 0. The topological polar surface area (TPSA) is 17.1 Å². The van der Waals surface area contributed by atoms with Crippen molar-refractivity contribution in [1.82, 2.24) is 0 Å². The first-order chi connectivity index (χ1) is 8.71. The molecule has 0 saturated carbocycles. The zero-order valence-corrected chi connectivity index (χ0v) is 11.8. The second kappa shape index (κ2) is 10.9. The summed E-state index contributed by atoms with van der Waals surface area (Å²) in [4.78, 5) is 8.14.